The minimum atomic E-state index is -1.26. The van der Waals surface area contributed by atoms with E-state index < -0.39 is 42.2 Å². The zero-order valence-corrected chi connectivity index (χ0v) is 27.2. The number of halogens is 1. The highest BCUT2D eigenvalue weighted by atomic mass is 35.5. The van der Waals surface area contributed by atoms with Gasteiger partial charge in [-0.25, -0.2) is 4.79 Å². The molecule has 0 saturated heterocycles. The average molecular weight is 657 g/mol. The van der Waals surface area contributed by atoms with Gasteiger partial charge in [-0.1, -0.05) is 78.3 Å². The number of amides is 2. The molecule has 0 spiro atoms. The summed E-state index contributed by atoms with van der Waals surface area (Å²) in [5.74, 6) is -0.945. The summed E-state index contributed by atoms with van der Waals surface area (Å²) < 4.78 is 17.5. The number of anilines is 1. The number of benzene rings is 4. The summed E-state index contributed by atoms with van der Waals surface area (Å²) in [4.78, 5) is 39.5. The molecule has 10 heteroatoms. The Balaban J connectivity index is 1.39. The van der Waals surface area contributed by atoms with Gasteiger partial charge in [0.25, 0.3) is 5.91 Å². The number of carboxylic acids is 1. The van der Waals surface area contributed by atoms with E-state index in [4.69, 9.17) is 25.8 Å². The van der Waals surface area contributed by atoms with Gasteiger partial charge in [0.2, 0.25) is 0 Å². The van der Waals surface area contributed by atoms with Gasteiger partial charge >= 0.3 is 12.1 Å². The Bertz CT molecular complexity index is 1700. The summed E-state index contributed by atoms with van der Waals surface area (Å²) in [6.45, 7) is 6.22. The van der Waals surface area contributed by atoms with Gasteiger partial charge in [0.05, 0.1) is 18.7 Å². The molecule has 2 unspecified atom stereocenters. The van der Waals surface area contributed by atoms with E-state index in [2.05, 4.69) is 5.32 Å². The summed E-state index contributed by atoms with van der Waals surface area (Å²) >= 11 is 6.46. The first-order valence-corrected chi connectivity index (χ1v) is 15.6. The van der Waals surface area contributed by atoms with Crippen molar-refractivity contribution in [2.24, 2.45) is 0 Å². The minimum absolute atomic E-state index is 0.175. The normalized spacial score (nSPS) is 16.2. The summed E-state index contributed by atoms with van der Waals surface area (Å²) in [6, 6.07) is 29.8. The lowest BCUT2D eigenvalue weighted by Crippen LogP contribution is -2.40. The largest absolute Gasteiger partial charge is 0.489 e. The number of nitrogens with one attached hydrogen (secondary N) is 1. The van der Waals surface area contributed by atoms with Crippen LogP contribution in [0.3, 0.4) is 0 Å². The fourth-order valence-corrected chi connectivity index (χ4v) is 5.38. The fourth-order valence-electron chi connectivity index (χ4n) is 5.20. The predicted molar refractivity (Wildman–Crippen MR) is 178 cm³/mol. The smallest absolute Gasteiger partial charge is 0.407 e. The second kappa shape index (κ2) is 14.7. The number of carbonyl (C=O) groups is 3. The Labute approximate surface area is 279 Å². The molecule has 9 nitrogen and oxygen atoms in total. The van der Waals surface area contributed by atoms with Crippen LogP contribution in [0.5, 0.6) is 5.75 Å². The molecule has 0 radical (unpaired) electrons. The van der Waals surface area contributed by atoms with Gasteiger partial charge in [-0.3, -0.25) is 9.59 Å². The number of hydrogen-bond acceptors (Lipinski definition) is 6. The molecule has 244 valence electrons. The van der Waals surface area contributed by atoms with E-state index in [9.17, 15) is 19.5 Å². The van der Waals surface area contributed by atoms with Crippen molar-refractivity contribution in [3.05, 3.63) is 130 Å². The van der Waals surface area contributed by atoms with E-state index in [0.717, 1.165) is 16.7 Å². The molecular formula is C37H37ClN2O7. The Morgan fingerprint density at radius 3 is 2.26 bits per heavy atom. The number of aliphatic carboxylic acids is 1. The average Bonchev–Trinajstić information content (AvgIpc) is 3.13. The SMILES string of the molecule is CC(C)(C)OC(=O)NCc1ccc(C2OC(CC(=O)O)C(=O)N(Cc3ccc(OCc4ccccc4)cc3)c3ccc(Cl)cc32)cc1. The first kappa shape index (κ1) is 33.5. The van der Waals surface area contributed by atoms with Gasteiger partial charge in [-0.2, -0.15) is 0 Å². The molecule has 0 saturated carbocycles. The van der Waals surface area contributed by atoms with E-state index in [1.807, 2.05) is 78.9 Å². The number of carboxylic acid groups (broad SMARTS) is 1. The Kier molecular flexibility index (Phi) is 10.5. The number of ether oxygens (including phenoxy) is 3. The zero-order valence-electron chi connectivity index (χ0n) is 26.4. The molecule has 2 N–H and O–H groups in total. The number of nitrogens with zero attached hydrogens (tertiary/aromatic N) is 1. The minimum Gasteiger partial charge on any atom is -0.489 e. The van der Waals surface area contributed by atoms with Crippen molar-refractivity contribution < 1.29 is 33.7 Å². The maximum absolute atomic E-state index is 14.0. The van der Waals surface area contributed by atoms with Crippen LogP contribution in [0.1, 0.15) is 61.1 Å². The van der Waals surface area contributed by atoms with E-state index >= 15 is 0 Å². The Hall–Kier alpha value is -4.86. The second-order valence-electron chi connectivity index (χ2n) is 12.2. The summed E-state index contributed by atoms with van der Waals surface area (Å²) in [6.07, 6.45) is -3.09. The third-order valence-corrected chi connectivity index (χ3v) is 7.63. The number of carbonyl (C=O) groups excluding carboxylic acids is 2. The van der Waals surface area contributed by atoms with Crippen molar-refractivity contribution in [3.63, 3.8) is 0 Å². The van der Waals surface area contributed by atoms with Crippen molar-refractivity contribution in [1.82, 2.24) is 5.32 Å². The van der Waals surface area contributed by atoms with Crippen molar-refractivity contribution in [3.8, 4) is 5.75 Å². The van der Waals surface area contributed by atoms with Gasteiger partial charge in [-0.15, -0.1) is 0 Å². The fraction of sp³-hybridized carbons (Fsp3) is 0.270. The number of rotatable bonds is 10. The Morgan fingerprint density at radius 2 is 1.60 bits per heavy atom. The highest BCUT2D eigenvalue weighted by molar-refractivity contribution is 6.30. The summed E-state index contributed by atoms with van der Waals surface area (Å²) in [5.41, 5.74) is 3.96. The highest BCUT2D eigenvalue weighted by Crippen LogP contribution is 2.40. The number of alkyl carbamates (subject to hydrolysis) is 1. The maximum atomic E-state index is 14.0. The molecule has 1 aliphatic rings. The molecular weight excluding hydrogens is 620 g/mol. The number of fused-ring (bicyclic) bond motifs is 1. The highest BCUT2D eigenvalue weighted by Gasteiger charge is 2.38. The molecule has 0 bridgehead atoms. The van der Waals surface area contributed by atoms with Crippen LogP contribution in [0.2, 0.25) is 5.02 Å². The van der Waals surface area contributed by atoms with Crippen LogP contribution < -0.4 is 15.0 Å². The van der Waals surface area contributed by atoms with Crippen LogP contribution in [-0.2, 0) is 38.8 Å². The van der Waals surface area contributed by atoms with Gasteiger partial charge in [0, 0.05) is 17.1 Å². The van der Waals surface area contributed by atoms with E-state index in [0.29, 0.717) is 34.2 Å². The molecule has 5 rings (SSSR count). The topological polar surface area (TPSA) is 114 Å². The first-order chi connectivity index (χ1) is 22.4. The molecule has 2 amide bonds. The third-order valence-electron chi connectivity index (χ3n) is 7.40. The zero-order chi connectivity index (χ0) is 33.6. The molecule has 0 fully saturated rings. The third kappa shape index (κ3) is 9.12. The van der Waals surface area contributed by atoms with Gasteiger partial charge < -0.3 is 29.5 Å². The summed E-state index contributed by atoms with van der Waals surface area (Å²) in [5, 5.41) is 12.9. The lowest BCUT2D eigenvalue weighted by atomic mass is 9.98. The Morgan fingerprint density at radius 1 is 0.915 bits per heavy atom. The molecule has 4 aromatic carbocycles. The standard InChI is InChI=1S/C37H37ClN2O7/c1-37(2,3)47-36(44)39-21-24-9-13-27(14-10-24)34-30-19-28(38)15-18-31(30)40(35(43)32(46-34)20-33(41)42)22-25-11-16-29(17-12-25)45-23-26-7-5-4-6-8-26/h4-19,32,34H,20-23H2,1-3H3,(H,39,44)(H,41,42). The molecule has 1 aliphatic heterocycles. The first-order valence-electron chi connectivity index (χ1n) is 15.2. The molecule has 47 heavy (non-hydrogen) atoms. The monoisotopic (exact) mass is 656 g/mol. The van der Waals surface area contributed by atoms with Crippen LogP contribution >= 0.6 is 11.6 Å². The summed E-state index contributed by atoms with van der Waals surface area (Å²) in [7, 11) is 0. The predicted octanol–water partition coefficient (Wildman–Crippen LogP) is 7.44. The van der Waals surface area contributed by atoms with E-state index in [1.165, 1.54) is 0 Å². The van der Waals surface area contributed by atoms with Crippen LogP contribution in [-0.4, -0.2) is 34.8 Å². The van der Waals surface area contributed by atoms with Crippen LogP contribution in [0.4, 0.5) is 10.5 Å². The van der Waals surface area contributed by atoms with Gasteiger partial charge in [0.15, 0.2) is 0 Å². The molecule has 0 aromatic heterocycles. The van der Waals surface area contributed by atoms with Crippen LogP contribution in [0.15, 0.2) is 97.1 Å². The lowest BCUT2D eigenvalue weighted by Gasteiger charge is -2.25. The number of hydrogen-bond donors (Lipinski definition) is 2. The van der Waals surface area contributed by atoms with Crippen molar-refractivity contribution >= 4 is 35.3 Å². The van der Waals surface area contributed by atoms with Crippen LogP contribution in [0, 0.1) is 0 Å². The molecule has 2 atom stereocenters. The quantitative estimate of drug-likeness (QED) is 0.182. The van der Waals surface area contributed by atoms with E-state index in [-0.39, 0.29) is 13.1 Å². The molecule has 1 heterocycles. The van der Waals surface area contributed by atoms with Gasteiger partial charge in [0.1, 0.15) is 30.2 Å². The molecule has 4 aromatic rings. The van der Waals surface area contributed by atoms with Crippen molar-refractivity contribution in [1.29, 1.82) is 0 Å². The van der Waals surface area contributed by atoms with Crippen molar-refractivity contribution in [2.45, 2.75) is 64.7 Å². The van der Waals surface area contributed by atoms with E-state index in [1.54, 1.807) is 43.9 Å². The second-order valence-corrected chi connectivity index (χ2v) is 12.7. The molecule has 0 aliphatic carbocycles. The van der Waals surface area contributed by atoms with Crippen molar-refractivity contribution in [2.75, 3.05) is 4.90 Å². The maximum Gasteiger partial charge on any atom is 0.407 e. The lowest BCUT2D eigenvalue weighted by molar-refractivity contribution is -0.146. The van der Waals surface area contributed by atoms with Gasteiger partial charge in [-0.05, 0) is 73.4 Å². The van der Waals surface area contributed by atoms with Crippen LogP contribution in [0.25, 0.3) is 0 Å².